The van der Waals surface area contributed by atoms with Crippen molar-refractivity contribution in [1.29, 1.82) is 0 Å². The number of nitrogens with one attached hydrogen (secondary N) is 2. The highest BCUT2D eigenvalue weighted by atomic mass is 16.6. The molecule has 32 heavy (non-hydrogen) atoms. The minimum atomic E-state index is -0.822. The molecule has 2 rings (SSSR count). The molecule has 7 heteroatoms. The second-order valence-corrected chi connectivity index (χ2v) is 8.35. The molecule has 2 atom stereocenters. The standard InChI is InChI=1S/C25H29N3O4/c1-16(26)22(29)28-21-13-9-7-11-19(21)15-14-18-10-6-8-12-20(18)23(30)27-17(2)24(31)32-25(3,4)5/h6-13,16-17H,26H2,1-5H3,(H,27,30)(H,28,29)/t16-,17-/m0/s1. The molecule has 0 aliphatic rings. The number of anilines is 1. The summed E-state index contributed by atoms with van der Waals surface area (Å²) < 4.78 is 5.31. The number of carbonyl (C=O) groups is 3. The summed E-state index contributed by atoms with van der Waals surface area (Å²) in [5.74, 6) is 4.70. The molecule has 0 aliphatic heterocycles. The van der Waals surface area contributed by atoms with E-state index in [9.17, 15) is 14.4 Å². The van der Waals surface area contributed by atoms with Crippen LogP contribution in [-0.4, -0.2) is 35.5 Å². The SMILES string of the molecule is C[C@H](N)C(=O)Nc1ccccc1C#Cc1ccccc1C(=O)N[C@@H](C)C(=O)OC(C)(C)C. The fourth-order valence-electron chi connectivity index (χ4n) is 2.60. The number of hydrogen-bond acceptors (Lipinski definition) is 5. The minimum Gasteiger partial charge on any atom is -0.458 e. The van der Waals surface area contributed by atoms with Crippen molar-refractivity contribution in [2.75, 3.05) is 5.32 Å². The average molecular weight is 436 g/mol. The fraction of sp³-hybridized carbons (Fsp3) is 0.320. The molecule has 0 saturated heterocycles. The van der Waals surface area contributed by atoms with Gasteiger partial charge < -0.3 is 21.1 Å². The lowest BCUT2D eigenvalue weighted by Gasteiger charge is -2.22. The van der Waals surface area contributed by atoms with Gasteiger partial charge in [-0.15, -0.1) is 0 Å². The molecule has 0 spiro atoms. The van der Waals surface area contributed by atoms with Crippen molar-refractivity contribution in [2.24, 2.45) is 5.73 Å². The number of amides is 2. The van der Waals surface area contributed by atoms with Gasteiger partial charge in [0.2, 0.25) is 5.91 Å². The first kappa shape index (κ1) is 24.6. The molecule has 0 heterocycles. The monoisotopic (exact) mass is 435 g/mol. The van der Waals surface area contributed by atoms with Gasteiger partial charge in [-0.25, -0.2) is 4.79 Å². The zero-order chi connectivity index (χ0) is 23.9. The average Bonchev–Trinajstić information content (AvgIpc) is 2.71. The lowest BCUT2D eigenvalue weighted by Crippen LogP contribution is -2.42. The van der Waals surface area contributed by atoms with E-state index in [4.69, 9.17) is 10.5 Å². The van der Waals surface area contributed by atoms with Crippen LogP contribution >= 0.6 is 0 Å². The number of para-hydroxylation sites is 1. The molecule has 0 unspecified atom stereocenters. The number of carbonyl (C=O) groups excluding carboxylic acids is 3. The number of nitrogens with two attached hydrogens (primary N) is 1. The van der Waals surface area contributed by atoms with Crippen molar-refractivity contribution in [2.45, 2.75) is 52.3 Å². The van der Waals surface area contributed by atoms with E-state index < -0.39 is 29.6 Å². The van der Waals surface area contributed by atoms with Crippen LogP contribution in [0, 0.1) is 11.8 Å². The molecule has 0 bridgehead atoms. The minimum absolute atomic E-state index is 0.324. The summed E-state index contributed by atoms with van der Waals surface area (Å²) in [6.45, 7) is 8.45. The van der Waals surface area contributed by atoms with Crippen molar-refractivity contribution >= 4 is 23.5 Å². The summed E-state index contributed by atoms with van der Waals surface area (Å²) in [6.07, 6.45) is 0. The zero-order valence-electron chi connectivity index (χ0n) is 19.0. The first-order chi connectivity index (χ1) is 15.0. The normalized spacial score (nSPS) is 12.6. The van der Waals surface area contributed by atoms with E-state index in [0.29, 0.717) is 22.4 Å². The van der Waals surface area contributed by atoms with Gasteiger partial charge in [-0.05, 0) is 58.9 Å². The molecule has 0 aromatic heterocycles. The van der Waals surface area contributed by atoms with Crippen LogP contribution in [-0.2, 0) is 14.3 Å². The van der Waals surface area contributed by atoms with Gasteiger partial charge in [0.15, 0.2) is 0 Å². The Morgan fingerprint density at radius 1 is 0.938 bits per heavy atom. The van der Waals surface area contributed by atoms with Crippen LogP contribution in [0.1, 0.15) is 56.1 Å². The smallest absolute Gasteiger partial charge is 0.328 e. The molecule has 7 nitrogen and oxygen atoms in total. The molecule has 2 aromatic rings. The van der Waals surface area contributed by atoms with E-state index in [2.05, 4.69) is 22.5 Å². The van der Waals surface area contributed by atoms with Crippen LogP contribution < -0.4 is 16.4 Å². The molecular weight excluding hydrogens is 406 g/mol. The number of esters is 1. The molecule has 0 fully saturated rings. The van der Waals surface area contributed by atoms with E-state index >= 15 is 0 Å². The molecule has 0 saturated carbocycles. The van der Waals surface area contributed by atoms with Gasteiger partial charge in [0.25, 0.3) is 5.91 Å². The largest absolute Gasteiger partial charge is 0.458 e. The predicted molar refractivity (Wildman–Crippen MR) is 124 cm³/mol. The molecular formula is C25H29N3O4. The maximum Gasteiger partial charge on any atom is 0.328 e. The van der Waals surface area contributed by atoms with Crippen LogP contribution in [0.5, 0.6) is 0 Å². The number of rotatable bonds is 5. The Kier molecular flexibility index (Phi) is 8.16. The van der Waals surface area contributed by atoms with Crippen molar-refractivity contribution in [3.05, 3.63) is 65.2 Å². The Morgan fingerprint density at radius 3 is 2.12 bits per heavy atom. The highest BCUT2D eigenvalue weighted by Crippen LogP contribution is 2.15. The summed E-state index contributed by atoms with van der Waals surface area (Å²) in [7, 11) is 0. The number of ether oxygens (including phenoxy) is 1. The zero-order valence-corrected chi connectivity index (χ0v) is 19.0. The van der Waals surface area contributed by atoms with Gasteiger partial charge in [-0.3, -0.25) is 9.59 Å². The first-order valence-electron chi connectivity index (χ1n) is 10.3. The Labute approximate surface area is 188 Å². The van der Waals surface area contributed by atoms with E-state index in [1.165, 1.54) is 0 Å². The highest BCUT2D eigenvalue weighted by Gasteiger charge is 2.24. The maximum absolute atomic E-state index is 12.8. The molecule has 168 valence electrons. The van der Waals surface area contributed by atoms with E-state index in [0.717, 1.165) is 0 Å². The Balaban J connectivity index is 2.25. The summed E-state index contributed by atoms with van der Waals surface area (Å²) in [6, 6.07) is 12.4. The topological polar surface area (TPSA) is 111 Å². The quantitative estimate of drug-likeness (QED) is 0.494. The van der Waals surface area contributed by atoms with E-state index in [1.54, 1.807) is 83.1 Å². The van der Waals surface area contributed by atoms with Crippen LogP contribution in [0.3, 0.4) is 0 Å². The third-order valence-corrected chi connectivity index (χ3v) is 4.21. The molecule has 0 aliphatic carbocycles. The Bertz CT molecular complexity index is 1060. The van der Waals surface area contributed by atoms with Crippen LogP contribution in [0.25, 0.3) is 0 Å². The molecule has 0 radical (unpaired) electrons. The molecule has 4 N–H and O–H groups in total. The second-order valence-electron chi connectivity index (χ2n) is 8.35. The lowest BCUT2D eigenvalue weighted by molar-refractivity contribution is -0.156. The van der Waals surface area contributed by atoms with Gasteiger partial charge in [0.1, 0.15) is 11.6 Å². The van der Waals surface area contributed by atoms with Crippen LogP contribution in [0.4, 0.5) is 5.69 Å². The fourth-order valence-corrected chi connectivity index (χ4v) is 2.60. The summed E-state index contributed by atoms with van der Waals surface area (Å²) >= 11 is 0. The number of hydrogen-bond donors (Lipinski definition) is 3. The van der Waals surface area contributed by atoms with Gasteiger partial charge in [0, 0.05) is 11.1 Å². The van der Waals surface area contributed by atoms with Crippen LogP contribution in [0.15, 0.2) is 48.5 Å². The van der Waals surface area contributed by atoms with Crippen molar-refractivity contribution in [3.8, 4) is 11.8 Å². The number of benzene rings is 2. The maximum atomic E-state index is 12.8. The third-order valence-electron chi connectivity index (χ3n) is 4.21. The Morgan fingerprint density at radius 2 is 1.50 bits per heavy atom. The van der Waals surface area contributed by atoms with Crippen molar-refractivity contribution in [1.82, 2.24) is 5.32 Å². The van der Waals surface area contributed by atoms with Crippen LogP contribution in [0.2, 0.25) is 0 Å². The van der Waals surface area contributed by atoms with Gasteiger partial charge in [0.05, 0.1) is 17.3 Å². The van der Waals surface area contributed by atoms with E-state index in [1.807, 2.05) is 0 Å². The van der Waals surface area contributed by atoms with E-state index in [-0.39, 0.29) is 5.91 Å². The summed E-state index contributed by atoms with van der Waals surface area (Å²) in [4.78, 5) is 36.9. The summed E-state index contributed by atoms with van der Waals surface area (Å²) in [5.41, 5.74) is 6.89. The first-order valence-corrected chi connectivity index (χ1v) is 10.3. The molecule has 2 aromatic carbocycles. The summed E-state index contributed by atoms with van der Waals surface area (Å²) in [5, 5.41) is 5.40. The van der Waals surface area contributed by atoms with Crippen molar-refractivity contribution < 1.29 is 19.1 Å². The Hall–Kier alpha value is -3.63. The predicted octanol–water partition coefficient (Wildman–Crippen LogP) is 2.83. The highest BCUT2D eigenvalue weighted by molar-refractivity contribution is 5.99. The van der Waals surface area contributed by atoms with Gasteiger partial charge >= 0.3 is 5.97 Å². The van der Waals surface area contributed by atoms with Gasteiger partial charge in [-0.1, -0.05) is 36.1 Å². The lowest BCUT2D eigenvalue weighted by atomic mass is 10.1. The molecule has 2 amide bonds. The second kappa shape index (κ2) is 10.6. The van der Waals surface area contributed by atoms with Gasteiger partial charge in [-0.2, -0.15) is 0 Å². The third kappa shape index (κ3) is 7.25. The van der Waals surface area contributed by atoms with Crippen molar-refractivity contribution in [3.63, 3.8) is 0 Å².